The average molecular weight is 373 g/mol. The number of aliphatic hydroxyl groups is 1. The van der Waals surface area contributed by atoms with Gasteiger partial charge in [-0.3, -0.25) is 0 Å². The van der Waals surface area contributed by atoms with Crippen molar-refractivity contribution in [3.05, 3.63) is 33.4 Å². The Balaban J connectivity index is 1.89. The topological polar surface area (TPSA) is 32.3 Å². The van der Waals surface area contributed by atoms with Crippen LogP contribution in [-0.2, 0) is 0 Å². The molecule has 2 rings (SSSR count). The van der Waals surface area contributed by atoms with Crippen molar-refractivity contribution in [2.45, 2.75) is 51.2 Å². The van der Waals surface area contributed by atoms with Crippen LogP contribution in [0.3, 0.4) is 0 Å². The predicted molar refractivity (Wildman–Crippen MR) is 88.2 cm³/mol. The van der Waals surface area contributed by atoms with Crippen LogP contribution >= 0.6 is 22.6 Å². The van der Waals surface area contributed by atoms with Gasteiger partial charge in [0.05, 0.1) is 5.60 Å². The van der Waals surface area contributed by atoms with E-state index in [0.717, 1.165) is 19.3 Å². The monoisotopic (exact) mass is 373 g/mol. The molecule has 1 aliphatic rings. The lowest BCUT2D eigenvalue weighted by molar-refractivity contribution is -0.0134. The summed E-state index contributed by atoms with van der Waals surface area (Å²) < 4.78 is 1.26. The Kier molecular flexibility index (Phi) is 5.26. The summed E-state index contributed by atoms with van der Waals surface area (Å²) in [6.45, 7) is 5.11. The Labute approximate surface area is 130 Å². The molecule has 1 aliphatic carbocycles. The van der Waals surface area contributed by atoms with E-state index in [1.165, 1.54) is 15.6 Å². The second-order valence-electron chi connectivity index (χ2n) is 6.08. The predicted octanol–water partition coefficient (Wildman–Crippen LogP) is 3.88. The molecule has 3 unspecified atom stereocenters. The molecule has 3 atom stereocenters. The molecular formula is C16H24INO. The SMILES string of the molecule is CC1CCCC(O)(CNC(C)c2ccc(I)cc2)C1. The molecule has 0 saturated heterocycles. The normalized spacial score (nSPS) is 29.2. The van der Waals surface area contributed by atoms with Gasteiger partial charge >= 0.3 is 0 Å². The van der Waals surface area contributed by atoms with Crippen molar-refractivity contribution in [1.82, 2.24) is 5.32 Å². The van der Waals surface area contributed by atoms with Crippen molar-refractivity contribution in [3.8, 4) is 0 Å². The van der Waals surface area contributed by atoms with Crippen LogP contribution in [0.15, 0.2) is 24.3 Å². The summed E-state index contributed by atoms with van der Waals surface area (Å²) in [6.07, 6.45) is 4.27. The van der Waals surface area contributed by atoms with Crippen LogP contribution in [0.25, 0.3) is 0 Å². The molecule has 0 aromatic heterocycles. The molecule has 0 aliphatic heterocycles. The van der Waals surface area contributed by atoms with Gasteiger partial charge in [0.15, 0.2) is 0 Å². The molecule has 3 heteroatoms. The van der Waals surface area contributed by atoms with E-state index in [2.05, 4.69) is 66.0 Å². The minimum absolute atomic E-state index is 0.290. The van der Waals surface area contributed by atoms with Gasteiger partial charge in [0.1, 0.15) is 0 Å². The Hall–Kier alpha value is -0.130. The lowest BCUT2D eigenvalue weighted by Gasteiger charge is -2.36. The second-order valence-corrected chi connectivity index (χ2v) is 7.33. The zero-order valence-electron chi connectivity index (χ0n) is 11.8. The van der Waals surface area contributed by atoms with Gasteiger partial charge < -0.3 is 10.4 Å². The number of halogens is 1. The molecule has 1 saturated carbocycles. The lowest BCUT2D eigenvalue weighted by atomic mass is 9.79. The van der Waals surface area contributed by atoms with E-state index >= 15 is 0 Å². The van der Waals surface area contributed by atoms with E-state index in [1.807, 2.05) is 0 Å². The van der Waals surface area contributed by atoms with Gasteiger partial charge in [-0.2, -0.15) is 0 Å². The number of benzene rings is 1. The van der Waals surface area contributed by atoms with Gasteiger partial charge in [0.2, 0.25) is 0 Å². The van der Waals surface area contributed by atoms with Crippen LogP contribution in [0.2, 0.25) is 0 Å². The highest BCUT2D eigenvalue weighted by Gasteiger charge is 2.32. The minimum Gasteiger partial charge on any atom is -0.389 e. The third-order valence-corrected chi connectivity index (χ3v) is 4.89. The number of nitrogens with one attached hydrogen (secondary N) is 1. The Morgan fingerprint density at radius 2 is 2.11 bits per heavy atom. The molecule has 0 heterocycles. The molecule has 0 bridgehead atoms. The van der Waals surface area contributed by atoms with E-state index in [0.29, 0.717) is 18.5 Å². The Bertz CT molecular complexity index is 406. The molecule has 1 aromatic rings. The van der Waals surface area contributed by atoms with Crippen molar-refractivity contribution in [2.24, 2.45) is 5.92 Å². The first kappa shape index (κ1) is 15.3. The van der Waals surface area contributed by atoms with E-state index in [4.69, 9.17) is 0 Å². The van der Waals surface area contributed by atoms with Crippen molar-refractivity contribution in [2.75, 3.05) is 6.54 Å². The molecular weight excluding hydrogens is 349 g/mol. The Morgan fingerprint density at radius 1 is 1.42 bits per heavy atom. The summed E-state index contributed by atoms with van der Waals surface area (Å²) >= 11 is 2.32. The third-order valence-electron chi connectivity index (χ3n) is 4.17. The second kappa shape index (κ2) is 6.55. The highest BCUT2D eigenvalue weighted by molar-refractivity contribution is 14.1. The van der Waals surface area contributed by atoms with E-state index in [9.17, 15) is 5.11 Å². The fourth-order valence-corrected chi connectivity index (χ4v) is 3.36. The van der Waals surface area contributed by atoms with Gasteiger partial charge in [-0.1, -0.05) is 31.9 Å². The third kappa shape index (κ3) is 4.43. The maximum Gasteiger partial charge on any atom is 0.0774 e. The summed E-state index contributed by atoms with van der Waals surface area (Å²) in [5, 5.41) is 14.1. The van der Waals surface area contributed by atoms with Crippen LogP contribution in [-0.4, -0.2) is 17.3 Å². The van der Waals surface area contributed by atoms with Crippen molar-refractivity contribution in [3.63, 3.8) is 0 Å². The smallest absolute Gasteiger partial charge is 0.0774 e. The van der Waals surface area contributed by atoms with Gasteiger partial charge in [0, 0.05) is 16.2 Å². The largest absolute Gasteiger partial charge is 0.389 e. The zero-order chi connectivity index (χ0) is 13.9. The number of hydrogen-bond acceptors (Lipinski definition) is 2. The summed E-state index contributed by atoms with van der Waals surface area (Å²) in [4.78, 5) is 0. The van der Waals surface area contributed by atoms with Crippen molar-refractivity contribution >= 4 is 22.6 Å². The van der Waals surface area contributed by atoms with Gasteiger partial charge in [-0.15, -0.1) is 0 Å². The lowest BCUT2D eigenvalue weighted by Crippen LogP contribution is -2.44. The number of hydrogen-bond donors (Lipinski definition) is 2. The fraction of sp³-hybridized carbons (Fsp3) is 0.625. The summed E-state index contributed by atoms with van der Waals surface area (Å²) in [6, 6.07) is 8.87. The van der Waals surface area contributed by atoms with E-state index < -0.39 is 5.60 Å². The van der Waals surface area contributed by atoms with Crippen LogP contribution in [0, 0.1) is 9.49 Å². The zero-order valence-corrected chi connectivity index (χ0v) is 14.0. The molecule has 1 aromatic carbocycles. The van der Waals surface area contributed by atoms with Crippen molar-refractivity contribution in [1.29, 1.82) is 0 Å². The first-order valence-electron chi connectivity index (χ1n) is 7.20. The van der Waals surface area contributed by atoms with Gasteiger partial charge in [-0.05, 0) is 66.0 Å². The van der Waals surface area contributed by atoms with Crippen LogP contribution < -0.4 is 5.32 Å². The summed E-state index contributed by atoms with van der Waals surface area (Å²) in [7, 11) is 0. The molecule has 2 N–H and O–H groups in total. The maximum absolute atomic E-state index is 10.6. The van der Waals surface area contributed by atoms with Gasteiger partial charge in [0.25, 0.3) is 0 Å². The molecule has 19 heavy (non-hydrogen) atoms. The summed E-state index contributed by atoms with van der Waals surface area (Å²) in [5.74, 6) is 0.647. The molecule has 0 spiro atoms. The average Bonchev–Trinajstić information content (AvgIpc) is 2.37. The first-order valence-corrected chi connectivity index (χ1v) is 8.28. The minimum atomic E-state index is -0.505. The Morgan fingerprint density at radius 3 is 2.74 bits per heavy atom. The standard InChI is InChI=1S/C16H24INO/c1-12-4-3-9-16(19,10-12)11-18-13(2)14-5-7-15(17)8-6-14/h5-8,12-13,18-19H,3-4,9-11H2,1-2H3. The maximum atomic E-state index is 10.6. The highest BCUT2D eigenvalue weighted by atomic mass is 127. The molecule has 2 nitrogen and oxygen atoms in total. The molecule has 0 radical (unpaired) electrons. The molecule has 106 valence electrons. The molecule has 1 fully saturated rings. The van der Waals surface area contributed by atoms with Crippen LogP contribution in [0.1, 0.15) is 51.1 Å². The van der Waals surface area contributed by atoms with Crippen LogP contribution in [0.5, 0.6) is 0 Å². The number of rotatable bonds is 4. The van der Waals surface area contributed by atoms with Gasteiger partial charge in [-0.25, -0.2) is 0 Å². The van der Waals surface area contributed by atoms with E-state index in [1.54, 1.807) is 0 Å². The quantitative estimate of drug-likeness (QED) is 0.785. The fourth-order valence-electron chi connectivity index (χ4n) is 3.01. The van der Waals surface area contributed by atoms with E-state index in [-0.39, 0.29) is 0 Å². The summed E-state index contributed by atoms with van der Waals surface area (Å²) in [5.41, 5.74) is 0.780. The molecule has 0 amide bonds. The van der Waals surface area contributed by atoms with Crippen LogP contribution in [0.4, 0.5) is 0 Å². The first-order chi connectivity index (χ1) is 8.98. The van der Waals surface area contributed by atoms with Crippen molar-refractivity contribution < 1.29 is 5.11 Å². The highest BCUT2D eigenvalue weighted by Crippen LogP contribution is 2.32.